The van der Waals surface area contributed by atoms with Crippen LogP contribution < -0.4 is 14.8 Å². The third-order valence-electron chi connectivity index (χ3n) is 5.11. The zero-order chi connectivity index (χ0) is 19.7. The predicted octanol–water partition coefficient (Wildman–Crippen LogP) is 3.94. The summed E-state index contributed by atoms with van der Waals surface area (Å²) >= 11 is 0. The van der Waals surface area contributed by atoms with E-state index in [1.807, 2.05) is 18.2 Å². The van der Waals surface area contributed by atoms with Gasteiger partial charge in [0.15, 0.2) is 11.5 Å². The summed E-state index contributed by atoms with van der Waals surface area (Å²) in [7, 11) is 0. The number of hydrogen-bond acceptors (Lipinski definition) is 3. The van der Waals surface area contributed by atoms with Gasteiger partial charge in [0, 0.05) is 12.5 Å². The first kappa shape index (κ1) is 18.7. The van der Waals surface area contributed by atoms with Gasteiger partial charge in [0.25, 0.3) is 0 Å². The van der Waals surface area contributed by atoms with Gasteiger partial charge in [-0.25, -0.2) is 0 Å². The molecule has 7 heteroatoms. The largest absolute Gasteiger partial charge is 0.486 e. The summed E-state index contributed by atoms with van der Waals surface area (Å²) in [5.41, 5.74) is 1.15. The number of carbonyl (C=O) groups is 1. The molecule has 1 heterocycles. The van der Waals surface area contributed by atoms with Gasteiger partial charge in [-0.15, -0.1) is 0 Å². The van der Waals surface area contributed by atoms with Gasteiger partial charge in [-0.1, -0.05) is 18.2 Å². The molecule has 1 fully saturated rings. The molecule has 2 aromatic carbocycles. The van der Waals surface area contributed by atoms with Crippen LogP contribution in [0.1, 0.15) is 29.0 Å². The third-order valence-corrected chi connectivity index (χ3v) is 5.11. The Morgan fingerprint density at radius 2 is 1.75 bits per heavy atom. The Balaban J connectivity index is 1.26. The van der Waals surface area contributed by atoms with E-state index in [1.54, 1.807) is 0 Å². The molecule has 0 radical (unpaired) electrons. The molecule has 1 N–H and O–H groups in total. The molecule has 0 bridgehead atoms. The summed E-state index contributed by atoms with van der Waals surface area (Å²) in [5.74, 6) is 1.23. The van der Waals surface area contributed by atoms with Crippen molar-refractivity contribution in [1.82, 2.24) is 5.32 Å². The van der Waals surface area contributed by atoms with Crippen molar-refractivity contribution in [2.24, 2.45) is 5.92 Å². The molecule has 1 aliphatic heterocycles. The summed E-state index contributed by atoms with van der Waals surface area (Å²) in [4.78, 5) is 12.3. The number of rotatable bonds is 5. The van der Waals surface area contributed by atoms with Gasteiger partial charge in [-0.3, -0.25) is 4.79 Å². The van der Waals surface area contributed by atoms with Crippen molar-refractivity contribution in [1.29, 1.82) is 0 Å². The van der Waals surface area contributed by atoms with Gasteiger partial charge in [0.2, 0.25) is 5.91 Å². The van der Waals surface area contributed by atoms with E-state index in [2.05, 4.69) is 5.32 Å². The normalized spacial score (nSPS) is 20.5. The maximum atomic E-state index is 12.6. The highest BCUT2D eigenvalue weighted by atomic mass is 19.4. The number of hydrogen-bond donors (Lipinski definition) is 1. The number of halogens is 3. The predicted molar refractivity (Wildman–Crippen MR) is 96.4 cm³/mol. The highest BCUT2D eigenvalue weighted by Crippen LogP contribution is 2.48. The minimum Gasteiger partial charge on any atom is -0.486 e. The number of nitrogens with one attached hydrogen (secondary N) is 1. The van der Waals surface area contributed by atoms with Crippen molar-refractivity contribution < 1.29 is 27.4 Å². The summed E-state index contributed by atoms with van der Waals surface area (Å²) in [5, 5.41) is 2.92. The van der Waals surface area contributed by atoms with Crippen LogP contribution in [0, 0.1) is 5.92 Å². The second kappa shape index (κ2) is 7.37. The van der Waals surface area contributed by atoms with E-state index in [4.69, 9.17) is 9.47 Å². The fourth-order valence-corrected chi connectivity index (χ4v) is 3.48. The van der Waals surface area contributed by atoms with Crippen LogP contribution in [0.4, 0.5) is 13.2 Å². The Labute approximate surface area is 160 Å². The highest BCUT2D eigenvalue weighted by Gasteiger charge is 2.44. The zero-order valence-electron chi connectivity index (χ0n) is 15.1. The van der Waals surface area contributed by atoms with Crippen molar-refractivity contribution >= 4 is 5.91 Å². The molecule has 1 amide bonds. The highest BCUT2D eigenvalue weighted by molar-refractivity contribution is 5.82. The Hall–Kier alpha value is -2.70. The standard InChI is InChI=1S/C21H20F3NO3/c22-21(23,24)15-4-2-14(3-5-15)16-12-17(16)20(26)25-8-7-13-1-6-18-19(11-13)28-10-9-27-18/h1-6,11,16-17H,7-10,12H2,(H,25,26). The van der Waals surface area contributed by atoms with Crippen molar-refractivity contribution in [3.63, 3.8) is 0 Å². The van der Waals surface area contributed by atoms with E-state index >= 15 is 0 Å². The number of carbonyl (C=O) groups excluding carboxylic acids is 1. The number of benzene rings is 2. The Kier molecular flexibility index (Phi) is 4.91. The smallest absolute Gasteiger partial charge is 0.416 e. The topological polar surface area (TPSA) is 47.6 Å². The first-order valence-electron chi connectivity index (χ1n) is 9.25. The Morgan fingerprint density at radius 3 is 2.46 bits per heavy atom. The van der Waals surface area contributed by atoms with E-state index < -0.39 is 11.7 Å². The second-order valence-corrected chi connectivity index (χ2v) is 7.09. The lowest BCUT2D eigenvalue weighted by molar-refractivity contribution is -0.137. The van der Waals surface area contributed by atoms with Crippen LogP contribution in [0.5, 0.6) is 11.5 Å². The van der Waals surface area contributed by atoms with Gasteiger partial charge < -0.3 is 14.8 Å². The number of amides is 1. The van der Waals surface area contributed by atoms with Crippen LogP contribution in [0.15, 0.2) is 42.5 Å². The molecule has 2 aromatic rings. The molecule has 0 saturated heterocycles. The van der Waals surface area contributed by atoms with Crippen LogP contribution >= 0.6 is 0 Å². The quantitative estimate of drug-likeness (QED) is 0.840. The van der Waals surface area contributed by atoms with Crippen LogP contribution in [0.3, 0.4) is 0 Å². The molecule has 0 spiro atoms. The van der Waals surface area contributed by atoms with E-state index in [9.17, 15) is 18.0 Å². The van der Waals surface area contributed by atoms with Gasteiger partial charge >= 0.3 is 6.18 Å². The number of alkyl halides is 3. The second-order valence-electron chi connectivity index (χ2n) is 7.09. The van der Waals surface area contributed by atoms with Crippen LogP contribution in [-0.4, -0.2) is 25.7 Å². The van der Waals surface area contributed by atoms with Crippen molar-refractivity contribution in [2.45, 2.75) is 24.9 Å². The lowest BCUT2D eigenvalue weighted by Crippen LogP contribution is -2.27. The van der Waals surface area contributed by atoms with E-state index in [1.165, 1.54) is 12.1 Å². The monoisotopic (exact) mass is 391 g/mol. The van der Waals surface area contributed by atoms with Gasteiger partial charge in [0.05, 0.1) is 5.56 Å². The maximum absolute atomic E-state index is 12.6. The van der Waals surface area contributed by atoms with Crippen molar-refractivity contribution in [3.8, 4) is 11.5 Å². The SMILES string of the molecule is O=C(NCCc1ccc2c(c1)OCCO2)C1CC1c1ccc(C(F)(F)F)cc1. The average Bonchev–Trinajstić information content (AvgIpc) is 3.48. The molecule has 2 atom stereocenters. The van der Waals surface area contributed by atoms with Crippen molar-refractivity contribution in [3.05, 3.63) is 59.2 Å². The Bertz CT molecular complexity index is 864. The number of fused-ring (bicyclic) bond motifs is 1. The molecular formula is C21H20F3NO3. The lowest BCUT2D eigenvalue weighted by atomic mass is 10.1. The van der Waals surface area contributed by atoms with Gasteiger partial charge in [-0.05, 0) is 54.2 Å². The molecule has 0 aromatic heterocycles. The van der Waals surface area contributed by atoms with Crippen LogP contribution in [0.2, 0.25) is 0 Å². The lowest BCUT2D eigenvalue weighted by Gasteiger charge is -2.18. The molecular weight excluding hydrogens is 371 g/mol. The summed E-state index contributed by atoms with van der Waals surface area (Å²) < 4.78 is 48.9. The molecule has 2 unspecified atom stereocenters. The van der Waals surface area contributed by atoms with E-state index in [0.29, 0.717) is 32.6 Å². The van der Waals surface area contributed by atoms with Gasteiger partial charge in [-0.2, -0.15) is 13.2 Å². The average molecular weight is 391 g/mol. The van der Waals surface area contributed by atoms with E-state index in [0.717, 1.165) is 34.8 Å². The fraction of sp³-hybridized carbons (Fsp3) is 0.381. The van der Waals surface area contributed by atoms with Crippen LogP contribution in [-0.2, 0) is 17.4 Å². The molecule has 4 nitrogen and oxygen atoms in total. The molecule has 148 valence electrons. The third kappa shape index (κ3) is 4.08. The minimum absolute atomic E-state index is 0.00317. The molecule has 1 aliphatic carbocycles. The zero-order valence-corrected chi connectivity index (χ0v) is 15.1. The Morgan fingerprint density at radius 1 is 1.04 bits per heavy atom. The molecule has 28 heavy (non-hydrogen) atoms. The molecule has 2 aliphatic rings. The summed E-state index contributed by atoms with van der Waals surface area (Å²) in [6.45, 7) is 1.57. The van der Waals surface area contributed by atoms with Gasteiger partial charge in [0.1, 0.15) is 13.2 Å². The molecule has 1 saturated carbocycles. The summed E-state index contributed by atoms with van der Waals surface area (Å²) in [6.07, 6.45) is -3.01. The first-order chi connectivity index (χ1) is 13.4. The van der Waals surface area contributed by atoms with Crippen LogP contribution in [0.25, 0.3) is 0 Å². The maximum Gasteiger partial charge on any atom is 0.416 e. The molecule has 4 rings (SSSR count). The van der Waals surface area contributed by atoms with E-state index in [-0.39, 0.29) is 17.7 Å². The van der Waals surface area contributed by atoms with Crippen molar-refractivity contribution in [2.75, 3.05) is 19.8 Å². The number of ether oxygens (including phenoxy) is 2. The summed E-state index contributed by atoms with van der Waals surface area (Å²) in [6, 6.07) is 10.8. The fourth-order valence-electron chi connectivity index (χ4n) is 3.48. The minimum atomic E-state index is -4.34. The first-order valence-corrected chi connectivity index (χ1v) is 9.25.